The van der Waals surface area contributed by atoms with Crippen molar-refractivity contribution in [3.8, 4) is 0 Å². The molecule has 0 aromatic carbocycles. The lowest BCUT2D eigenvalue weighted by molar-refractivity contribution is 0.294. The zero-order valence-electron chi connectivity index (χ0n) is 7.33. The second-order valence-electron chi connectivity index (χ2n) is 4.35. The van der Waals surface area contributed by atoms with Crippen LogP contribution >= 0.6 is 0 Å². The maximum Gasteiger partial charge on any atom is 0.0139 e. The smallest absolute Gasteiger partial charge is 0.0139 e. The number of fused-ring (bicyclic) bond motifs is 2. The average Bonchev–Trinajstić information content (AvgIpc) is 2.44. The number of nitrogens with two attached hydrogens (primary N) is 1. The first kappa shape index (κ1) is 7.35. The van der Waals surface area contributed by atoms with Crippen molar-refractivity contribution >= 4 is 0 Å². The van der Waals surface area contributed by atoms with Crippen LogP contribution in [0.1, 0.15) is 20.3 Å². The van der Waals surface area contributed by atoms with E-state index in [-0.39, 0.29) is 0 Å². The van der Waals surface area contributed by atoms with Crippen molar-refractivity contribution in [2.45, 2.75) is 26.3 Å². The predicted molar refractivity (Wildman–Crippen MR) is 47.0 cm³/mol. The van der Waals surface area contributed by atoms with Crippen molar-refractivity contribution in [2.75, 3.05) is 0 Å². The molecule has 1 nitrogen and oxygen atoms in total. The molecule has 0 heterocycles. The third-order valence-corrected chi connectivity index (χ3v) is 3.35. The molecule has 1 fully saturated rings. The van der Waals surface area contributed by atoms with Gasteiger partial charge in [-0.1, -0.05) is 26.0 Å². The second-order valence-corrected chi connectivity index (χ2v) is 4.35. The molecule has 0 aromatic heterocycles. The Balaban J connectivity index is 2.18. The van der Waals surface area contributed by atoms with E-state index in [9.17, 15) is 0 Å². The Labute approximate surface area is 68.7 Å². The monoisotopic (exact) mass is 151 g/mol. The molecule has 1 saturated carbocycles. The molecule has 2 N–H and O–H groups in total. The quantitative estimate of drug-likeness (QED) is 0.568. The Bertz CT molecular complexity index is 183. The molecule has 0 saturated heterocycles. The summed E-state index contributed by atoms with van der Waals surface area (Å²) >= 11 is 0. The van der Waals surface area contributed by atoms with E-state index in [0.717, 1.165) is 17.8 Å². The highest BCUT2D eigenvalue weighted by atomic mass is 14.7. The van der Waals surface area contributed by atoms with E-state index in [1.165, 1.54) is 6.42 Å². The molecule has 2 rings (SSSR count). The minimum atomic E-state index is 0.449. The number of allylic oxidation sites excluding steroid dienone is 1. The summed E-state index contributed by atoms with van der Waals surface area (Å²) in [4.78, 5) is 0. The first-order chi connectivity index (χ1) is 5.20. The Kier molecular flexibility index (Phi) is 1.57. The zero-order chi connectivity index (χ0) is 8.01. The van der Waals surface area contributed by atoms with Gasteiger partial charge in [-0.05, 0) is 30.1 Å². The lowest BCUT2D eigenvalue weighted by Gasteiger charge is -2.27. The first-order valence-corrected chi connectivity index (χ1v) is 4.64. The second kappa shape index (κ2) is 2.34. The SMILES string of the molecule is CC(C)[C@H]1[C@H](N)[C@@H]2C=C[C@H]1C2. The van der Waals surface area contributed by atoms with Crippen molar-refractivity contribution in [1.29, 1.82) is 0 Å². The lowest BCUT2D eigenvalue weighted by atomic mass is 9.81. The maximum atomic E-state index is 6.11. The molecule has 0 unspecified atom stereocenters. The van der Waals surface area contributed by atoms with Crippen LogP contribution in [0.25, 0.3) is 0 Å². The fourth-order valence-electron chi connectivity index (χ4n) is 2.84. The summed E-state index contributed by atoms with van der Waals surface area (Å²) in [5.41, 5.74) is 6.11. The van der Waals surface area contributed by atoms with Gasteiger partial charge in [-0.3, -0.25) is 0 Å². The van der Waals surface area contributed by atoms with Crippen LogP contribution in [0, 0.1) is 23.7 Å². The lowest BCUT2D eigenvalue weighted by Crippen LogP contribution is -2.36. The summed E-state index contributed by atoms with van der Waals surface area (Å²) in [6.45, 7) is 4.58. The van der Waals surface area contributed by atoms with Crippen LogP contribution < -0.4 is 5.73 Å². The molecule has 0 spiro atoms. The summed E-state index contributed by atoms with van der Waals surface area (Å²) in [6.07, 6.45) is 6.01. The molecule has 2 aliphatic rings. The predicted octanol–water partition coefficient (Wildman–Crippen LogP) is 1.79. The molecule has 2 aliphatic carbocycles. The van der Waals surface area contributed by atoms with Gasteiger partial charge in [-0.2, -0.15) is 0 Å². The molecule has 0 amide bonds. The molecular weight excluding hydrogens is 134 g/mol. The fraction of sp³-hybridized carbons (Fsp3) is 0.800. The van der Waals surface area contributed by atoms with E-state index in [0.29, 0.717) is 12.0 Å². The first-order valence-electron chi connectivity index (χ1n) is 4.64. The van der Waals surface area contributed by atoms with Gasteiger partial charge in [-0.25, -0.2) is 0 Å². The average molecular weight is 151 g/mol. The maximum absolute atomic E-state index is 6.11. The number of hydrogen-bond donors (Lipinski definition) is 1. The van der Waals surface area contributed by atoms with E-state index in [1.54, 1.807) is 0 Å². The van der Waals surface area contributed by atoms with Crippen molar-refractivity contribution in [3.05, 3.63) is 12.2 Å². The van der Waals surface area contributed by atoms with E-state index < -0.39 is 0 Å². The van der Waals surface area contributed by atoms with Gasteiger partial charge in [0.2, 0.25) is 0 Å². The molecule has 2 bridgehead atoms. The van der Waals surface area contributed by atoms with Crippen LogP contribution in [0.15, 0.2) is 12.2 Å². The minimum Gasteiger partial charge on any atom is -0.327 e. The molecule has 1 heteroatoms. The molecule has 4 atom stereocenters. The van der Waals surface area contributed by atoms with Gasteiger partial charge in [0, 0.05) is 6.04 Å². The van der Waals surface area contributed by atoms with E-state index in [1.807, 2.05) is 0 Å². The summed E-state index contributed by atoms with van der Waals surface area (Å²) < 4.78 is 0. The highest BCUT2D eigenvalue weighted by Crippen LogP contribution is 2.45. The van der Waals surface area contributed by atoms with Crippen LogP contribution in [0.3, 0.4) is 0 Å². The molecule has 0 aliphatic heterocycles. The van der Waals surface area contributed by atoms with Crippen molar-refractivity contribution in [1.82, 2.24) is 0 Å². The highest BCUT2D eigenvalue weighted by molar-refractivity contribution is 5.15. The fourth-order valence-corrected chi connectivity index (χ4v) is 2.84. The van der Waals surface area contributed by atoms with E-state index in [2.05, 4.69) is 26.0 Å². The van der Waals surface area contributed by atoms with Gasteiger partial charge >= 0.3 is 0 Å². The zero-order valence-corrected chi connectivity index (χ0v) is 7.33. The Hall–Kier alpha value is -0.300. The van der Waals surface area contributed by atoms with Crippen LogP contribution in [0.4, 0.5) is 0 Å². The third-order valence-electron chi connectivity index (χ3n) is 3.35. The molecule has 0 radical (unpaired) electrons. The summed E-state index contributed by atoms with van der Waals surface area (Å²) in [5.74, 6) is 3.01. The van der Waals surface area contributed by atoms with Crippen LogP contribution in [0.5, 0.6) is 0 Å². The third kappa shape index (κ3) is 0.943. The Morgan fingerprint density at radius 1 is 1.27 bits per heavy atom. The van der Waals surface area contributed by atoms with Crippen LogP contribution in [0.2, 0.25) is 0 Å². The Morgan fingerprint density at radius 2 is 1.91 bits per heavy atom. The topological polar surface area (TPSA) is 26.0 Å². The number of rotatable bonds is 1. The van der Waals surface area contributed by atoms with E-state index in [4.69, 9.17) is 5.73 Å². The van der Waals surface area contributed by atoms with Gasteiger partial charge in [0.1, 0.15) is 0 Å². The van der Waals surface area contributed by atoms with Gasteiger partial charge in [0.25, 0.3) is 0 Å². The molecule has 0 aromatic rings. The van der Waals surface area contributed by atoms with Gasteiger partial charge in [0.05, 0.1) is 0 Å². The molecular formula is C10H17N. The van der Waals surface area contributed by atoms with Crippen LogP contribution in [-0.4, -0.2) is 6.04 Å². The standard InChI is InChI=1S/C10H17N/c1-6(2)9-7-3-4-8(5-7)10(9)11/h3-4,6-10H,5,11H2,1-2H3/t7-,8+,9+,10+/m0/s1. The van der Waals surface area contributed by atoms with Crippen molar-refractivity contribution < 1.29 is 0 Å². The summed E-state index contributed by atoms with van der Waals surface area (Å²) in [5, 5.41) is 0. The molecule has 11 heavy (non-hydrogen) atoms. The van der Waals surface area contributed by atoms with Crippen LogP contribution in [-0.2, 0) is 0 Å². The van der Waals surface area contributed by atoms with Gasteiger partial charge < -0.3 is 5.73 Å². The van der Waals surface area contributed by atoms with Crippen molar-refractivity contribution in [2.24, 2.45) is 29.4 Å². The molecule has 62 valence electrons. The summed E-state index contributed by atoms with van der Waals surface area (Å²) in [7, 11) is 0. The van der Waals surface area contributed by atoms with E-state index >= 15 is 0 Å². The highest BCUT2D eigenvalue weighted by Gasteiger charge is 2.43. The normalized spacial score (nSPS) is 47.6. The van der Waals surface area contributed by atoms with Gasteiger partial charge in [0.15, 0.2) is 0 Å². The van der Waals surface area contributed by atoms with Crippen molar-refractivity contribution in [3.63, 3.8) is 0 Å². The minimum absolute atomic E-state index is 0.449. The summed E-state index contributed by atoms with van der Waals surface area (Å²) in [6, 6.07) is 0.449. The Morgan fingerprint density at radius 3 is 2.27 bits per heavy atom. The number of hydrogen-bond acceptors (Lipinski definition) is 1. The van der Waals surface area contributed by atoms with Gasteiger partial charge in [-0.15, -0.1) is 0 Å². The largest absolute Gasteiger partial charge is 0.327 e.